The minimum atomic E-state index is -0.721. The van der Waals surface area contributed by atoms with Gasteiger partial charge in [-0.25, -0.2) is 4.39 Å². The highest BCUT2D eigenvalue weighted by Gasteiger charge is 2.29. The molecule has 172 valence electrons. The van der Waals surface area contributed by atoms with E-state index < -0.39 is 11.9 Å². The van der Waals surface area contributed by atoms with Gasteiger partial charge in [0.15, 0.2) is 0 Å². The van der Waals surface area contributed by atoms with E-state index in [1.54, 1.807) is 20.1 Å². The summed E-state index contributed by atoms with van der Waals surface area (Å²) in [6.45, 7) is 1.90. The Balaban J connectivity index is 1.82. The molecule has 1 aliphatic rings. The van der Waals surface area contributed by atoms with Gasteiger partial charge in [-0.2, -0.15) is 0 Å². The highest BCUT2D eigenvalue weighted by Crippen LogP contribution is 2.23. The fourth-order valence-electron chi connectivity index (χ4n) is 4.07. The average molecular weight is 461 g/mol. The van der Waals surface area contributed by atoms with Gasteiger partial charge in [0.2, 0.25) is 11.8 Å². The molecule has 7 heteroatoms. The molecule has 1 atom stereocenters. The molecule has 0 bridgehead atoms. The first-order valence-electron chi connectivity index (χ1n) is 11.0. The van der Waals surface area contributed by atoms with Crippen LogP contribution in [0.5, 0.6) is 5.75 Å². The average Bonchev–Trinajstić information content (AvgIpc) is 2.80. The van der Waals surface area contributed by atoms with E-state index >= 15 is 0 Å². The van der Waals surface area contributed by atoms with Gasteiger partial charge in [-0.3, -0.25) is 9.59 Å². The summed E-state index contributed by atoms with van der Waals surface area (Å²) in [5.41, 5.74) is 0.948. The molecule has 5 nitrogen and oxygen atoms in total. The second-order valence-corrected chi connectivity index (χ2v) is 8.68. The molecule has 1 fully saturated rings. The van der Waals surface area contributed by atoms with Crippen LogP contribution in [0.15, 0.2) is 42.5 Å². The van der Waals surface area contributed by atoms with Crippen LogP contribution in [0.1, 0.15) is 50.2 Å². The number of hydrogen-bond donors (Lipinski definition) is 1. The van der Waals surface area contributed by atoms with Gasteiger partial charge < -0.3 is 15.0 Å². The number of carbonyl (C=O) groups excluding carboxylic acids is 2. The number of methoxy groups -OCH3 is 1. The van der Waals surface area contributed by atoms with E-state index in [1.807, 2.05) is 24.3 Å². The normalized spacial score (nSPS) is 15.1. The van der Waals surface area contributed by atoms with Crippen molar-refractivity contribution in [2.24, 2.45) is 0 Å². The van der Waals surface area contributed by atoms with Gasteiger partial charge in [-0.05, 0) is 49.6 Å². The first-order valence-corrected chi connectivity index (χ1v) is 11.4. The van der Waals surface area contributed by atoms with E-state index in [2.05, 4.69) is 5.32 Å². The summed E-state index contributed by atoms with van der Waals surface area (Å²) in [5.74, 6) is -0.447. The van der Waals surface area contributed by atoms with Crippen LogP contribution in [0.25, 0.3) is 0 Å². The maximum atomic E-state index is 14.3. The summed E-state index contributed by atoms with van der Waals surface area (Å²) in [6.07, 6.45) is 5.05. The monoisotopic (exact) mass is 460 g/mol. The number of ether oxygens (including phenoxy) is 1. The minimum Gasteiger partial charge on any atom is -0.497 e. The number of hydrogen-bond acceptors (Lipinski definition) is 3. The van der Waals surface area contributed by atoms with Gasteiger partial charge in [-0.15, -0.1) is 0 Å². The lowest BCUT2D eigenvalue weighted by molar-refractivity contribution is -0.140. The summed E-state index contributed by atoms with van der Waals surface area (Å²) in [4.78, 5) is 27.8. The SMILES string of the molecule is COc1cccc(CN(C(=O)Cc2c(F)cccc2Cl)[C@@H](C)C(=O)NC2CCCCC2)c1. The van der Waals surface area contributed by atoms with Crippen LogP contribution < -0.4 is 10.1 Å². The summed E-state index contributed by atoms with van der Waals surface area (Å²) in [5, 5.41) is 3.28. The molecular weight excluding hydrogens is 431 g/mol. The molecule has 1 N–H and O–H groups in total. The molecule has 0 heterocycles. The minimum absolute atomic E-state index is 0.133. The van der Waals surface area contributed by atoms with Crippen LogP contribution in [0.3, 0.4) is 0 Å². The predicted octanol–water partition coefficient (Wildman–Crippen LogP) is 4.90. The van der Waals surface area contributed by atoms with Crippen LogP contribution >= 0.6 is 11.6 Å². The van der Waals surface area contributed by atoms with Gasteiger partial charge in [0.05, 0.1) is 13.5 Å². The third-order valence-corrected chi connectivity index (χ3v) is 6.35. The Morgan fingerprint density at radius 1 is 1.19 bits per heavy atom. The molecule has 2 aromatic carbocycles. The van der Waals surface area contributed by atoms with Crippen molar-refractivity contribution in [3.8, 4) is 5.75 Å². The quantitative estimate of drug-likeness (QED) is 0.609. The largest absolute Gasteiger partial charge is 0.497 e. The highest BCUT2D eigenvalue weighted by atomic mass is 35.5. The van der Waals surface area contributed by atoms with E-state index in [-0.39, 0.29) is 41.4 Å². The van der Waals surface area contributed by atoms with Crippen molar-refractivity contribution >= 4 is 23.4 Å². The molecule has 2 amide bonds. The molecule has 2 aromatic rings. The van der Waals surface area contributed by atoms with Crippen LogP contribution in [0, 0.1) is 5.82 Å². The molecule has 1 saturated carbocycles. The fourth-order valence-corrected chi connectivity index (χ4v) is 4.30. The second-order valence-electron chi connectivity index (χ2n) is 8.27. The van der Waals surface area contributed by atoms with E-state index in [1.165, 1.54) is 23.5 Å². The summed E-state index contributed by atoms with van der Waals surface area (Å²) < 4.78 is 19.6. The molecule has 0 spiro atoms. The van der Waals surface area contributed by atoms with Crippen molar-refractivity contribution in [1.82, 2.24) is 10.2 Å². The number of nitrogens with zero attached hydrogens (tertiary/aromatic N) is 1. The molecule has 1 aliphatic carbocycles. The van der Waals surface area contributed by atoms with Crippen molar-refractivity contribution in [3.05, 3.63) is 64.4 Å². The zero-order valence-electron chi connectivity index (χ0n) is 18.6. The van der Waals surface area contributed by atoms with E-state index in [0.717, 1.165) is 31.2 Å². The number of benzene rings is 2. The summed E-state index contributed by atoms with van der Waals surface area (Å²) >= 11 is 6.14. The second kappa shape index (κ2) is 11.3. The Morgan fingerprint density at radius 3 is 2.59 bits per heavy atom. The Bertz CT molecular complexity index is 926. The molecule has 0 unspecified atom stereocenters. The van der Waals surface area contributed by atoms with Crippen LogP contribution in [-0.4, -0.2) is 35.9 Å². The van der Waals surface area contributed by atoms with Gasteiger partial charge in [-0.1, -0.05) is 49.1 Å². The number of carbonyl (C=O) groups is 2. The zero-order chi connectivity index (χ0) is 23.1. The molecule has 0 radical (unpaired) electrons. The highest BCUT2D eigenvalue weighted by molar-refractivity contribution is 6.31. The van der Waals surface area contributed by atoms with Crippen molar-refractivity contribution < 1.29 is 18.7 Å². The van der Waals surface area contributed by atoms with E-state index in [9.17, 15) is 14.0 Å². The van der Waals surface area contributed by atoms with Crippen LogP contribution in [-0.2, 0) is 22.6 Å². The Hall–Kier alpha value is -2.60. The predicted molar refractivity (Wildman–Crippen MR) is 123 cm³/mol. The number of rotatable bonds is 8. The van der Waals surface area contributed by atoms with Gasteiger partial charge >= 0.3 is 0 Å². The van der Waals surface area contributed by atoms with Gasteiger partial charge in [0, 0.05) is 23.2 Å². The number of halogens is 2. The lowest BCUT2D eigenvalue weighted by Crippen LogP contribution is -2.50. The maximum Gasteiger partial charge on any atom is 0.242 e. The smallest absolute Gasteiger partial charge is 0.242 e. The van der Waals surface area contributed by atoms with Crippen LogP contribution in [0.4, 0.5) is 4.39 Å². The third kappa shape index (κ3) is 6.22. The number of nitrogens with one attached hydrogen (secondary N) is 1. The van der Waals surface area contributed by atoms with Crippen molar-refractivity contribution in [3.63, 3.8) is 0 Å². The molecule has 0 saturated heterocycles. The number of amides is 2. The summed E-state index contributed by atoms with van der Waals surface area (Å²) in [7, 11) is 1.57. The van der Waals surface area contributed by atoms with Gasteiger partial charge in [0.25, 0.3) is 0 Å². The lowest BCUT2D eigenvalue weighted by atomic mass is 9.95. The van der Waals surface area contributed by atoms with E-state index in [4.69, 9.17) is 16.3 Å². The lowest BCUT2D eigenvalue weighted by Gasteiger charge is -2.31. The molecular formula is C25H30ClFN2O3. The molecule has 32 heavy (non-hydrogen) atoms. The molecule has 0 aliphatic heterocycles. The zero-order valence-corrected chi connectivity index (χ0v) is 19.3. The Morgan fingerprint density at radius 2 is 1.91 bits per heavy atom. The maximum absolute atomic E-state index is 14.3. The van der Waals surface area contributed by atoms with Crippen molar-refractivity contribution in [2.75, 3.05) is 7.11 Å². The Kier molecular flexibility index (Phi) is 8.51. The van der Waals surface area contributed by atoms with Crippen LogP contribution in [0.2, 0.25) is 5.02 Å². The van der Waals surface area contributed by atoms with Gasteiger partial charge in [0.1, 0.15) is 17.6 Å². The first kappa shape index (κ1) is 24.1. The Labute approximate surface area is 193 Å². The topological polar surface area (TPSA) is 58.6 Å². The standard InChI is InChI=1S/C25H30ClFN2O3/c1-17(25(31)28-19-9-4-3-5-10-19)29(16-18-8-6-11-20(14-18)32-2)24(30)15-21-22(26)12-7-13-23(21)27/h6-8,11-14,17,19H,3-5,9-10,15-16H2,1-2H3,(H,28,31)/t17-/m0/s1. The molecule has 0 aromatic heterocycles. The summed E-state index contributed by atoms with van der Waals surface area (Å²) in [6, 6.07) is 11.1. The van der Waals surface area contributed by atoms with E-state index in [0.29, 0.717) is 5.75 Å². The molecule has 3 rings (SSSR count). The fraction of sp³-hybridized carbons (Fsp3) is 0.440. The van der Waals surface area contributed by atoms with Crippen molar-refractivity contribution in [1.29, 1.82) is 0 Å². The van der Waals surface area contributed by atoms with Crippen molar-refractivity contribution in [2.45, 2.75) is 64.1 Å². The third-order valence-electron chi connectivity index (χ3n) is 6.00. The first-order chi connectivity index (χ1) is 15.4.